The van der Waals surface area contributed by atoms with Crippen LogP contribution in [0.1, 0.15) is 59.8 Å². The highest BCUT2D eigenvalue weighted by Crippen LogP contribution is 2.37. The number of piperazine rings is 1. The summed E-state index contributed by atoms with van der Waals surface area (Å²) in [5.41, 5.74) is 0.538. The van der Waals surface area contributed by atoms with Gasteiger partial charge in [-0.25, -0.2) is 0 Å². The molecule has 1 N–H and O–H groups in total. The predicted octanol–water partition coefficient (Wildman–Crippen LogP) is 2.96. The topological polar surface area (TPSA) is 18.5 Å². The molecule has 1 saturated carbocycles. The molecule has 1 heterocycles. The van der Waals surface area contributed by atoms with Crippen molar-refractivity contribution in [2.24, 2.45) is 5.41 Å². The molecule has 2 aliphatic rings. The van der Waals surface area contributed by atoms with Gasteiger partial charge in [0.05, 0.1) is 0 Å². The molecule has 124 valence electrons. The summed E-state index contributed by atoms with van der Waals surface area (Å²) >= 11 is 0. The minimum Gasteiger partial charge on any atom is -0.314 e. The fourth-order valence-corrected chi connectivity index (χ4v) is 4.27. The highest BCUT2D eigenvalue weighted by Gasteiger charge is 2.35. The molecule has 0 amide bonds. The third-order valence-corrected chi connectivity index (χ3v) is 5.61. The third-order valence-electron chi connectivity index (χ3n) is 5.61. The molecule has 0 aromatic rings. The van der Waals surface area contributed by atoms with Crippen LogP contribution in [0.3, 0.4) is 0 Å². The summed E-state index contributed by atoms with van der Waals surface area (Å²) < 4.78 is 0. The largest absolute Gasteiger partial charge is 0.314 e. The van der Waals surface area contributed by atoms with Crippen LogP contribution in [-0.2, 0) is 0 Å². The van der Waals surface area contributed by atoms with E-state index in [0.717, 1.165) is 6.04 Å². The number of hydrogen-bond acceptors (Lipinski definition) is 3. The molecule has 0 aromatic carbocycles. The SMILES string of the molecule is CCN1CCN(CC2(CNC(C)C)CCCCC2)CC1C. The first-order valence-corrected chi connectivity index (χ1v) is 9.24. The maximum Gasteiger partial charge on any atom is 0.0195 e. The molecule has 3 heteroatoms. The lowest BCUT2D eigenvalue weighted by Crippen LogP contribution is -2.55. The van der Waals surface area contributed by atoms with Crippen LogP contribution >= 0.6 is 0 Å². The van der Waals surface area contributed by atoms with Gasteiger partial charge in [0.2, 0.25) is 0 Å². The number of nitrogens with zero attached hydrogens (tertiary/aromatic N) is 2. The van der Waals surface area contributed by atoms with E-state index in [9.17, 15) is 0 Å². The van der Waals surface area contributed by atoms with Crippen LogP contribution in [0.4, 0.5) is 0 Å². The summed E-state index contributed by atoms with van der Waals surface area (Å²) in [6.07, 6.45) is 7.17. The molecule has 0 aromatic heterocycles. The zero-order valence-electron chi connectivity index (χ0n) is 14.8. The Labute approximate surface area is 132 Å². The van der Waals surface area contributed by atoms with Crippen LogP contribution in [0.15, 0.2) is 0 Å². The zero-order chi connectivity index (χ0) is 15.3. The second-order valence-corrected chi connectivity index (χ2v) is 7.81. The fourth-order valence-electron chi connectivity index (χ4n) is 4.27. The molecule has 1 aliphatic heterocycles. The molecule has 1 unspecified atom stereocenters. The molecule has 0 radical (unpaired) electrons. The van der Waals surface area contributed by atoms with Crippen molar-refractivity contribution in [3.8, 4) is 0 Å². The highest BCUT2D eigenvalue weighted by atomic mass is 15.3. The maximum atomic E-state index is 3.74. The zero-order valence-corrected chi connectivity index (χ0v) is 14.8. The average Bonchev–Trinajstić information content (AvgIpc) is 2.46. The molecule has 1 saturated heterocycles. The Bertz CT molecular complexity index is 297. The van der Waals surface area contributed by atoms with E-state index in [4.69, 9.17) is 0 Å². The van der Waals surface area contributed by atoms with E-state index in [2.05, 4.69) is 42.8 Å². The Kier molecular flexibility index (Phi) is 6.51. The first kappa shape index (κ1) is 17.2. The fraction of sp³-hybridized carbons (Fsp3) is 1.00. The number of likely N-dealkylation sites (N-methyl/N-ethyl adjacent to an activating group) is 1. The monoisotopic (exact) mass is 295 g/mol. The lowest BCUT2D eigenvalue weighted by atomic mass is 9.73. The summed E-state index contributed by atoms with van der Waals surface area (Å²) in [4.78, 5) is 5.38. The van der Waals surface area contributed by atoms with Crippen molar-refractivity contribution in [1.29, 1.82) is 0 Å². The van der Waals surface area contributed by atoms with E-state index < -0.39 is 0 Å². The van der Waals surface area contributed by atoms with Gasteiger partial charge in [-0.3, -0.25) is 9.80 Å². The lowest BCUT2D eigenvalue weighted by Gasteiger charge is -2.46. The van der Waals surface area contributed by atoms with Crippen molar-refractivity contribution in [1.82, 2.24) is 15.1 Å². The van der Waals surface area contributed by atoms with Gasteiger partial charge >= 0.3 is 0 Å². The first-order valence-electron chi connectivity index (χ1n) is 9.24. The number of hydrogen-bond donors (Lipinski definition) is 1. The van der Waals surface area contributed by atoms with Crippen LogP contribution in [0.2, 0.25) is 0 Å². The molecule has 0 bridgehead atoms. The average molecular weight is 296 g/mol. The van der Waals surface area contributed by atoms with Crippen LogP contribution in [0.25, 0.3) is 0 Å². The first-order chi connectivity index (χ1) is 10.0. The molecular weight excluding hydrogens is 258 g/mol. The van der Waals surface area contributed by atoms with Gasteiger partial charge in [-0.2, -0.15) is 0 Å². The Balaban J connectivity index is 1.92. The smallest absolute Gasteiger partial charge is 0.0195 e. The van der Waals surface area contributed by atoms with E-state index >= 15 is 0 Å². The lowest BCUT2D eigenvalue weighted by molar-refractivity contribution is 0.0377. The van der Waals surface area contributed by atoms with Crippen LogP contribution in [-0.4, -0.2) is 61.2 Å². The van der Waals surface area contributed by atoms with E-state index in [1.165, 1.54) is 71.4 Å². The van der Waals surface area contributed by atoms with E-state index in [1.54, 1.807) is 0 Å². The summed E-state index contributed by atoms with van der Waals surface area (Å²) in [7, 11) is 0. The molecule has 0 spiro atoms. The second kappa shape index (κ2) is 7.94. The molecule has 2 rings (SSSR count). The highest BCUT2D eigenvalue weighted by molar-refractivity contribution is 4.90. The molecular formula is C18H37N3. The third kappa shape index (κ3) is 4.94. The molecule has 3 nitrogen and oxygen atoms in total. The van der Waals surface area contributed by atoms with Crippen molar-refractivity contribution in [2.75, 3.05) is 39.3 Å². The standard InChI is InChI=1S/C18H37N3/c1-5-21-12-11-20(13-17(21)4)15-18(14-19-16(2)3)9-7-6-8-10-18/h16-17,19H,5-15H2,1-4H3. The van der Waals surface area contributed by atoms with Crippen LogP contribution in [0.5, 0.6) is 0 Å². The van der Waals surface area contributed by atoms with Crippen LogP contribution in [0, 0.1) is 5.41 Å². The van der Waals surface area contributed by atoms with E-state index in [0.29, 0.717) is 11.5 Å². The minimum absolute atomic E-state index is 0.538. The van der Waals surface area contributed by atoms with Crippen molar-refractivity contribution in [3.63, 3.8) is 0 Å². The van der Waals surface area contributed by atoms with Gasteiger partial charge < -0.3 is 5.32 Å². The molecule has 2 fully saturated rings. The van der Waals surface area contributed by atoms with Gasteiger partial charge in [0, 0.05) is 44.8 Å². The van der Waals surface area contributed by atoms with Crippen LogP contribution < -0.4 is 5.32 Å². The summed E-state index contributed by atoms with van der Waals surface area (Å²) in [6, 6.07) is 1.34. The second-order valence-electron chi connectivity index (χ2n) is 7.81. The quantitative estimate of drug-likeness (QED) is 0.813. The van der Waals surface area contributed by atoms with E-state index in [-0.39, 0.29) is 0 Å². The Hall–Kier alpha value is -0.120. The van der Waals surface area contributed by atoms with Gasteiger partial charge in [0.15, 0.2) is 0 Å². The van der Waals surface area contributed by atoms with Crippen molar-refractivity contribution in [2.45, 2.75) is 71.9 Å². The van der Waals surface area contributed by atoms with Crippen molar-refractivity contribution in [3.05, 3.63) is 0 Å². The summed E-state index contributed by atoms with van der Waals surface area (Å²) in [5.74, 6) is 0. The van der Waals surface area contributed by atoms with Gasteiger partial charge in [-0.1, -0.05) is 40.0 Å². The predicted molar refractivity (Wildman–Crippen MR) is 91.8 cm³/mol. The number of rotatable bonds is 6. The van der Waals surface area contributed by atoms with Gasteiger partial charge in [-0.15, -0.1) is 0 Å². The van der Waals surface area contributed by atoms with Gasteiger partial charge in [0.25, 0.3) is 0 Å². The molecule has 21 heavy (non-hydrogen) atoms. The Morgan fingerprint density at radius 2 is 1.86 bits per heavy atom. The Morgan fingerprint density at radius 1 is 1.14 bits per heavy atom. The minimum atomic E-state index is 0.538. The maximum absolute atomic E-state index is 3.74. The summed E-state index contributed by atoms with van der Waals surface area (Å²) in [5, 5.41) is 3.74. The summed E-state index contributed by atoms with van der Waals surface area (Å²) in [6.45, 7) is 16.8. The normalized spacial score (nSPS) is 28.1. The van der Waals surface area contributed by atoms with Crippen molar-refractivity contribution < 1.29 is 0 Å². The van der Waals surface area contributed by atoms with E-state index in [1.807, 2.05) is 0 Å². The van der Waals surface area contributed by atoms with Crippen molar-refractivity contribution >= 4 is 0 Å². The Morgan fingerprint density at radius 3 is 2.43 bits per heavy atom. The number of nitrogens with one attached hydrogen (secondary N) is 1. The molecule has 1 aliphatic carbocycles. The van der Waals surface area contributed by atoms with Gasteiger partial charge in [0.1, 0.15) is 0 Å². The molecule has 1 atom stereocenters. The van der Waals surface area contributed by atoms with Gasteiger partial charge in [-0.05, 0) is 31.7 Å².